The summed E-state index contributed by atoms with van der Waals surface area (Å²) in [6.07, 6.45) is 0. The van der Waals surface area contributed by atoms with Gasteiger partial charge in [0.15, 0.2) is 5.16 Å². The molecule has 0 saturated carbocycles. The quantitative estimate of drug-likeness (QED) is 0.849. The Labute approximate surface area is 97.8 Å². The number of H-pyrrole nitrogens is 1. The SMILES string of the molecule is COc1ccc2nc(SC3CNC3)[nH]c2c1. The van der Waals surface area contributed by atoms with Crippen molar-refractivity contribution in [2.24, 2.45) is 0 Å². The Morgan fingerprint density at radius 2 is 2.31 bits per heavy atom. The molecule has 0 bridgehead atoms. The fraction of sp³-hybridized carbons (Fsp3) is 0.364. The van der Waals surface area contributed by atoms with Crippen LogP contribution >= 0.6 is 11.8 Å². The summed E-state index contributed by atoms with van der Waals surface area (Å²) >= 11 is 1.80. The molecule has 2 aromatic rings. The molecule has 0 amide bonds. The van der Waals surface area contributed by atoms with Gasteiger partial charge in [-0.1, -0.05) is 11.8 Å². The third kappa shape index (κ3) is 1.76. The van der Waals surface area contributed by atoms with Gasteiger partial charge in [0.1, 0.15) is 5.75 Å². The Balaban J connectivity index is 1.89. The Hall–Kier alpha value is -1.20. The van der Waals surface area contributed by atoms with E-state index >= 15 is 0 Å². The van der Waals surface area contributed by atoms with Crippen LogP contribution in [0, 0.1) is 0 Å². The topological polar surface area (TPSA) is 49.9 Å². The summed E-state index contributed by atoms with van der Waals surface area (Å²) in [5.74, 6) is 0.859. The van der Waals surface area contributed by atoms with E-state index < -0.39 is 0 Å². The lowest BCUT2D eigenvalue weighted by Crippen LogP contribution is -2.44. The van der Waals surface area contributed by atoms with Gasteiger partial charge >= 0.3 is 0 Å². The summed E-state index contributed by atoms with van der Waals surface area (Å²) in [7, 11) is 1.67. The zero-order valence-corrected chi connectivity index (χ0v) is 9.80. The standard InChI is InChI=1S/C11H13N3OS/c1-15-7-2-3-9-10(4-7)14-11(13-9)16-8-5-12-6-8/h2-4,8,12H,5-6H2,1H3,(H,13,14). The van der Waals surface area contributed by atoms with Crippen molar-refractivity contribution in [3.63, 3.8) is 0 Å². The Morgan fingerprint density at radius 3 is 3.00 bits per heavy atom. The number of nitrogens with zero attached hydrogens (tertiary/aromatic N) is 1. The number of thioether (sulfide) groups is 1. The van der Waals surface area contributed by atoms with Gasteiger partial charge in [0.05, 0.1) is 18.1 Å². The molecule has 2 N–H and O–H groups in total. The van der Waals surface area contributed by atoms with E-state index in [2.05, 4.69) is 15.3 Å². The second-order valence-corrected chi connectivity index (χ2v) is 5.11. The minimum absolute atomic E-state index is 0.655. The molecule has 0 unspecified atom stereocenters. The predicted molar refractivity (Wildman–Crippen MR) is 65.2 cm³/mol. The summed E-state index contributed by atoms with van der Waals surface area (Å²) in [5.41, 5.74) is 2.03. The van der Waals surface area contributed by atoms with Gasteiger partial charge in [-0.25, -0.2) is 4.98 Å². The van der Waals surface area contributed by atoms with Gasteiger partial charge < -0.3 is 15.0 Å². The molecule has 3 rings (SSSR count). The summed E-state index contributed by atoms with van der Waals surface area (Å²) in [4.78, 5) is 7.85. The van der Waals surface area contributed by atoms with Gasteiger partial charge in [-0.3, -0.25) is 0 Å². The van der Waals surface area contributed by atoms with Crippen LogP contribution in [0.4, 0.5) is 0 Å². The van der Waals surface area contributed by atoms with E-state index in [-0.39, 0.29) is 0 Å². The molecule has 1 aliphatic rings. The minimum Gasteiger partial charge on any atom is -0.497 e. The first kappa shape index (κ1) is 9.99. The fourth-order valence-electron chi connectivity index (χ4n) is 1.65. The molecule has 1 saturated heterocycles. The molecule has 0 atom stereocenters. The van der Waals surface area contributed by atoms with Crippen LogP contribution in [0.5, 0.6) is 5.75 Å². The highest BCUT2D eigenvalue weighted by Gasteiger charge is 2.19. The van der Waals surface area contributed by atoms with Crippen LogP contribution in [-0.2, 0) is 0 Å². The molecular weight excluding hydrogens is 222 g/mol. The van der Waals surface area contributed by atoms with Crippen LogP contribution in [0.25, 0.3) is 11.0 Å². The van der Waals surface area contributed by atoms with Gasteiger partial charge in [0.2, 0.25) is 0 Å². The summed E-state index contributed by atoms with van der Waals surface area (Å²) in [6, 6.07) is 5.89. The molecule has 0 aliphatic carbocycles. The van der Waals surface area contributed by atoms with Gasteiger partial charge in [0, 0.05) is 24.4 Å². The molecule has 4 nitrogen and oxygen atoms in total. The third-order valence-corrected chi connectivity index (χ3v) is 3.77. The molecule has 1 aromatic heterocycles. The zero-order chi connectivity index (χ0) is 11.0. The summed E-state index contributed by atoms with van der Waals surface area (Å²) in [5, 5.41) is 4.90. The first-order chi connectivity index (χ1) is 7.85. The van der Waals surface area contributed by atoms with E-state index in [1.165, 1.54) is 0 Å². The van der Waals surface area contributed by atoms with Crippen molar-refractivity contribution in [1.82, 2.24) is 15.3 Å². The van der Waals surface area contributed by atoms with Gasteiger partial charge in [-0.15, -0.1) is 0 Å². The first-order valence-corrected chi connectivity index (χ1v) is 6.14. The number of nitrogens with one attached hydrogen (secondary N) is 2. The number of aromatic nitrogens is 2. The van der Waals surface area contributed by atoms with Gasteiger partial charge in [-0.05, 0) is 12.1 Å². The largest absolute Gasteiger partial charge is 0.497 e. The Kier molecular flexibility index (Phi) is 2.49. The van der Waals surface area contributed by atoms with Crippen LogP contribution in [0.15, 0.2) is 23.4 Å². The van der Waals surface area contributed by atoms with Crippen molar-refractivity contribution in [2.75, 3.05) is 20.2 Å². The predicted octanol–water partition coefficient (Wildman–Crippen LogP) is 1.64. The normalized spacial score (nSPS) is 16.3. The van der Waals surface area contributed by atoms with Crippen molar-refractivity contribution in [3.05, 3.63) is 18.2 Å². The molecule has 1 aliphatic heterocycles. The molecule has 0 spiro atoms. The maximum atomic E-state index is 5.18. The number of imidazole rings is 1. The molecule has 2 heterocycles. The van der Waals surface area contributed by atoms with Crippen molar-refractivity contribution >= 4 is 22.8 Å². The number of methoxy groups -OCH3 is 1. The molecule has 5 heteroatoms. The van der Waals surface area contributed by atoms with Crippen LogP contribution in [0.2, 0.25) is 0 Å². The highest BCUT2D eigenvalue weighted by Crippen LogP contribution is 2.26. The Bertz CT molecular complexity index is 507. The van der Waals surface area contributed by atoms with Gasteiger partial charge in [0.25, 0.3) is 0 Å². The molecule has 1 aromatic carbocycles. The molecule has 84 valence electrons. The van der Waals surface area contributed by atoms with E-state index in [0.29, 0.717) is 5.25 Å². The van der Waals surface area contributed by atoms with Crippen LogP contribution in [-0.4, -0.2) is 35.4 Å². The van der Waals surface area contributed by atoms with E-state index in [1.807, 2.05) is 18.2 Å². The molecular formula is C11H13N3OS. The molecule has 16 heavy (non-hydrogen) atoms. The summed E-state index contributed by atoms with van der Waals surface area (Å²) in [6.45, 7) is 2.15. The second-order valence-electron chi connectivity index (χ2n) is 3.82. The lowest BCUT2D eigenvalue weighted by Gasteiger charge is -2.24. The maximum Gasteiger partial charge on any atom is 0.166 e. The lowest BCUT2D eigenvalue weighted by atomic mass is 10.3. The number of aromatic amines is 1. The van der Waals surface area contributed by atoms with Gasteiger partial charge in [-0.2, -0.15) is 0 Å². The summed E-state index contributed by atoms with van der Waals surface area (Å²) < 4.78 is 5.18. The first-order valence-electron chi connectivity index (χ1n) is 5.26. The number of rotatable bonds is 3. The lowest BCUT2D eigenvalue weighted by molar-refractivity contribution is 0.415. The highest BCUT2D eigenvalue weighted by molar-refractivity contribution is 7.99. The molecule has 0 radical (unpaired) electrons. The fourth-order valence-corrected chi connectivity index (χ4v) is 2.69. The number of benzene rings is 1. The van der Waals surface area contributed by atoms with Crippen molar-refractivity contribution < 1.29 is 4.74 Å². The van der Waals surface area contributed by atoms with E-state index in [0.717, 1.165) is 35.0 Å². The van der Waals surface area contributed by atoms with Crippen molar-refractivity contribution in [3.8, 4) is 5.75 Å². The average Bonchev–Trinajstić information content (AvgIpc) is 2.64. The maximum absolute atomic E-state index is 5.18. The van der Waals surface area contributed by atoms with E-state index in [9.17, 15) is 0 Å². The van der Waals surface area contributed by atoms with Crippen molar-refractivity contribution in [2.45, 2.75) is 10.4 Å². The van der Waals surface area contributed by atoms with Crippen LogP contribution in [0.3, 0.4) is 0 Å². The highest BCUT2D eigenvalue weighted by atomic mass is 32.2. The molecule has 1 fully saturated rings. The third-order valence-electron chi connectivity index (χ3n) is 2.69. The van der Waals surface area contributed by atoms with Crippen LogP contribution < -0.4 is 10.1 Å². The van der Waals surface area contributed by atoms with E-state index in [1.54, 1.807) is 18.9 Å². The second kappa shape index (κ2) is 3.99. The number of hydrogen-bond acceptors (Lipinski definition) is 4. The minimum atomic E-state index is 0.655. The number of hydrogen-bond donors (Lipinski definition) is 2. The monoisotopic (exact) mass is 235 g/mol. The smallest absolute Gasteiger partial charge is 0.166 e. The van der Waals surface area contributed by atoms with Crippen LogP contribution in [0.1, 0.15) is 0 Å². The number of fused-ring (bicyclic) bond motifs is 1. The Morgan fingerprint density at radius 1 is 1.44 bits per heavy atom. The average molecular weight is 235 g/mol. The van der Waals surface area contributed by atoms with Crippen molar-refractivity contribution in [1.29, 1.82) is 0 Å². The number of ether oxygens (including phenoxy) is 1. The zero-order valence-electron chi connectivity index (χ0n) is 8.99. The van der Waals surface area contributed by atoms with E-state index in [4.69, 9.17) is 4.74 Å².